The molecular weight excluding hydrogens is 755 g/mol. The summed E-state index contributed by atoms with van der Waals surface area (Å²) in [5.41, 5.74) is 2.37. The molecule has 12 nitrogen and oxygen atoms in total. The van der Waals surface area contributed by atoms with Crippen LogP contribution in [0.1, 0.15) is 198 Å². The summed E-state index contributed by atoms with van der Waals surface area (Å²) in [4.78, 5) is 37.4. The molecule has 1 amide bonds. The van der Waals surface area contributed by atoms with Gasteiger partial charge in [-0.05, 0) is 139 Å². The molecule has 5 fully saturated rings. The molecule has 2 heterocycles. The smallest absolute Gasteiger partial charge is 0.407 e. The third kappa shape index (κ3) is 9.75. The number of fused-ring (bicyclic) bond motifs is 4. The number of aryl methyl sites for hydroxylation is 1. The largest absolute Gasteiger partial charge is 0.450 e. The summed E-state index contributed by atoms with van der Waals surface area (Å²) in [5.74, 6) is 4.53. The number of carbonyl (C=O) groups is 2. The van der Waals surface area contributed by atoms with E-state index in [2.05, 4.69) is 42.8 Å². The average molecular weight is 836 g/mol. The van der Waals surface area contributed by atoms with E-state index in [0.717, 1.165) is 106 Å². The van der Waals surface area contributed by atoms with E-state index in [4.69, 9.17) is 19.8 Å². The first-order valence-electron chi connectivity index (χ1n) is 24.9. The van der Waals surface area contributed by atoms with Crippen LogP contribution in [-0.4, -0.2) is 85.6 Å². The van der Waals surface area contributed by atoms with Crippen molar-refractivity contribution in [3.05, 3.63) is 11.5 Å². The van der Waals surface area contributed by atoms with Crippen molar-refractivity contribution in [2.45, 2.75) is 213 Å². The number of amides is 1. The highest BCUT2D eigenvalue weighted by atomic mass is 17.1. The highest BCUT2D eigenvalue weighted by Gasteiger charge is 2.52. The van der Waals surface area contributed by atoms with Gasteiger partial charge in [0, 0.05) is 31.0 Å². The number of rotatable bonds is 18. The van der Waals surface area contributed by atoms with Crippen molar-refractivity contribution in [2.24, 2.45) is 35.5 Å². The minimum atomic E-state index is -0.552. The van der Waals surface area contributed by atoms with Gasteiger partial charge in [-0.1, -0.05) is 85.5 Å². The van der Waals surface area contributed by atoms with Crippen LogP contribution in [0.2, 0.25) is 0 Å². The van der Waals surface area contributed by atoms with Gasteiger partial charge in [0.25, 0.3) is 0 Å². The summed E-state index contributed by atoms with van der Waals surface area (Å²) >= 11 is 0. The van der Waals surface area contributed by atoms with Crippen LogP contribution in [-0.2, 0) is 9.62 Å². The number of hydrogen-bond acceptors (Lipinski definition) is 9. The Morgan fingerprint density at radius 3 is 2.07 bits per heavy atom. The number of nitrogens with zero attached hydrogens (tertiary/aromatic N) is 6. The van der Waals surface area contributed by atoms with Crippen molar-refractivity contribution in [1.29, 1.82) is 0 Å². The second-order valence-electron chi connectivity index (χ2n) is 19.9. The third-order valence-electron chi connectivity index (χ3n) is 16.4. The Hall–Kier alpha value is -2.70. The number of ether oxygens (including phenoxy) is 1. The summed E-state index contributed by atoms with van der Waals surface area (Å²) in [6, 6.07) is 0.666. The van der Waals surface area contributed by atoms with Crippen LogP contribution >= 0.6 is 0 Å². The minimum Gasteiger partial charge on any atom is -0.450 e. The molecule has 5 aliphatic carbocycles. The molecule has 0 aromatic carbocycles. The number of nitrogens with one attached hydrogen (secondary N) is 1. The predicted octanol–water partition coefficient (Wildman–Crippen LogP) is 10.8. The highest BCUT2D eigenvalue weighted by Crippen LogP contribution is 2.59. The third-order valence-corrected chi connectivity index (χ3v) is 16.4. The van der Waals surface area contributed by atoms with E-state index in [-0.39, 0.29) is 30.0 Å². The lowest BCUT2D eigenvalue weighted by Crippen LogP contribution is -2.53. The van der Waals surface area contributed by atoms with Crippen LogP contribution in [0.25, 0.3) is 5.65 Å². The molecule has 8 atom stereocenters. The fourth-order valence-electron chi connectivity index (χ4n) is 13.6. The lowest BCUT2D eigenvalue weighted by molar-refractivity contribution is -0.284. The number of unbranched alkanes of at least 4 members (excludes halogenated alkanes) is 5. The SMILES string of the molecule is CCCCCCCCOC(=O)NC1CCC(c2nn3nc(C)c(N(C(CC4C5CCCCC5C5CCCCC54)OO)C4CCC(N(CC)CC)CC4C)c3n2C(C)=O)CC1. The van der Waals surface area contributed by atoms with Crippen LogP contribution in [0.5, 0.6) is 0 Å². The van der Waals surface area contributed by atoms with Crippen molar-refractivity contribution in [2.75, 3.05) is 24.6 Å². The first kappa shape index (κ1) is 45.3. The molecule has 12 heteroatoms. The molecule has 8 unspecified atom stereocenters. The molecular formula is C48H81N7O5. The maximum Gasteiger partial charge on any atom is 0.407 e. The van der Waals surface area contributed by atoms with Gasteiger partial charge in [0.1, 0.15) is 11.5 Å². The summed E-state index contributed by atoms with van der Waals surface area (Å²) < 4.78 is 9.06. The highest BCUT2D eigenvalue weighted by molar-refractivity contribution is 5.87. The Labute approximate surface area is 361 Å². The number of alkyl carbamates (subject to hydrolysis) is 1. The van der Waals surface area contributed by atoms with E-state index in [1.165, 1.54) is 77.0 Å². The molecule has 2 N–H and O–H groups in total. The van der Waals surface area contributed by atoms with Gasteiger partial charge < -0.3 is 19.9 Å². The molecule has 5 saturated carbocycles. The number of carbonyl (C=O) groups excluding carboxylic acids is 2. The second-order valence-corrected chi connectivity index (χ2v) is 19.9. The fraction of sp³-hybridized carbons (Fsp3) is 0.875. The second kappa shape index (κ2) is 21.1. The van der Waals surface area contributed by atoms with Crippen LogP contribution in [0, 0.1) is 42.4 Å². The maximum atomic E-state index is 13.9. The topological polar surface area (TPSA) is 126 Å². The van der Waals surface area contributed by atoms with Crippen LogP contribution in [0.4, 0.5) is 10.5 Å². The van der Waals surface area contributed by atoms with Gasteiger partial charge in [0.2, 0.25) is 5.91 Å². The van der Waals surface area contributed by atoms with Crippen LogP contribution in [0.3, 0.4) is 0 Å². The zero-order chi connectivity index (χ0) is 42.3. The van der Waals surface area contributed by atoms with E-state index in [1.54, 1.807) is 11.6 Å². The Morgan fingerprint density at radius 1 is 0.833 bits per heavy atom. The van der Waals surface area contributed by atoms with E-state index in [9.17, 15) is 14.8 Å². The lowest BCUT2D eigenvalue weighted by atomic mass is 9.73. The molecule has 7 rings (SSSR count). The molecule has 2 aromatic rings. The van der Waals surface area contributed by atoms with Crippen molar-refractivity contribution in [3.63, 3.8) is 0 Å². The van der Waals surface area contributed by atoms with E-state index in [0.29, 0.717) is 42.0 Å². The van der Waals surface area contributed by atoms with Gasteiger partial charge in [-0.15, -0.1) is 9.73 Å². The molecule has 2 aromatic heterocycles. The Morgan fingerprint density at radius 2 is 1.47 bits per heavy atom. The first-order chi connectivity index (χ1) is 29.2. The standard InChI is InChI=1S/C48H81N7O5/c1-7-10-11-12-13-18-29-59-48(57)49-36-25-23-35(24-26-36)46-51-55-47(53(46)34(6)56)45(33(5)50-55)54(43-28-27-37(30-32(43)4)52(8-2)9-3)44(60-58)31-42-40-21-16-14-19-38(40)39-20-15-17-22-41(39)42/h32,35-44,58H,7-31H2,1-6H3,(H,49,57). The van der Waals surface area contributed by atoms with Gasteiger partial charge >= 0.3 is 6.09 Å². The summed E-state index contributed by atoms with van der Waals surface area (Å²) in [7, 11) is 0. The van der Waals surface area contributed by atoms with Crippen molar-refractivity contribution in [3.8, 4) is 0 Å². The maximum absolute atomic E-state index is 13.9. The molecule has 60 heavy (non-hydrogen) atoms. The minimum absolute atomic E-state index is 0.0370. The van der Waals surface area contributed by atoms with Crippen LogP contribution < -0.4 is 10.2 Å². The van der Waals surface area contributed by atoms with E-state index >= 15 is 0 Å². The zero-order valence-corrected chi connectivity index (χ0v) is 38.3. The number of aromatic nitrogens is 4. The van der Waals surface area contributed by atoms with E-state index in [1.807, 2.05) is 11.5 Å². The quantitative estimate of drug-likeness (QED) is 0.0653. The Bertz CT molecular complexity index is 1660. The Kier molecular flexibility index (Phi) is 16.0. The number of hydrogen-bond donors (Lipinski definition) is 2. The summed E-state index contributed by atoms with van der Waals surface area (Å²) in [5, 5.41) is 24.5. The van der Waals surface area contributed by atoms with Crippen molar-refractivity contribution < 1.29 is 24.5 Å². The van der Waals surface area contributed by atoms with Gasteiger partial charge in [-0.3, -0.25) is 4.79 Å². The zero-order valence-electron chi connectivity index (χ0n) is 38.3. The molecule has 0 bridgehead atoms. The molecule has 5 aliphatic rings. The van der Waals surface area contributed by atoms with Gasteiger partial charge in [0.05, 0.1) is 12.3 Å². The molecule has 0 saturated heterocycles. The predicted molar refractivity (Wildman–Crippen MR) is 237 cm³/mol. The van der Waals surface area contributed by atoms with Gasteiger partial charge in [-0.25, -0.2) is 19.5 Å². The molecule has 0 aliphatic heterocycles. The molecule has 338 valence electrons. The van der Waals surface area contributed by atoms with E-state index < -0.39 is 6.23 Å². The summed E-state index contributed by atoms with van der Waals surface area (Å²) in [6.07, 6.45) is 23.8. The average Bonchev–Trinajstić information content (AvgIpc) is 3.88. The van der Waals surface area contributed by atoms with Gasteiger partial charge in [-0.2, -0.15) is 5.10 Å². The molecule has 0 spiro atoms. The van der Waals surface area contributed by atoms with Crippen molar-refractivity contribution >= 4 is 23.3 Å². The lowest BCUT2D eigenvalue weighted by Gasteiger charge is -2.47. The first-order valence-corrected chi connectivity index (χ1v) is 24.9. The van der Waals surface area contributed by atoms with Crippen LogP contribution in [0.15, 0.2) is 0 Å². The Balaban J connectivity index is 1.15. The van der Waals surface area contributed by atoms with Gasteiger partial charge in [0.15, 0.2) is 11.9 Å². The molecule has 0 radical (unpaired) electrons. The number of anilines is 1. The monoisotopic (exact) mass is 836 g/mol. The normalized spacial score (nSPS) is 31.2. The summed E-state index contributed by atoms with van der Waals surface area (Å²) in [6.45, 7) is 15.4. The van der Waals surface area contributed by atoms with Crippen molar-refractivity contribution in [1.82, 2.24) is 29.6 Å². The fourth-order valence-corrected chi connectivity index (χ4v) is 13.6.